The quantitative estimate of drug-likeness (QED) is 0.595. The van der Waals surface area contributed by atoms with Crippen LogP contribution in [0.5, 0.6) is 0 Å². The molecule has 1 aliphatic heterocycles. The molecule has 1 fully saturated rings. The van der Waals surface area contributed by atoms with Crippen LogP contribution < -0.4 is 5.32 Å². The summed E-state index contributed by atoms with van der Waals surface area (Å²) in [4.78, 5) is 11.9. The van der Waals surface area contributed by atoms with E-state index in [4.69, 9.17) is 0 Å². The van der Waals surface area contributed by atoms with Crippen LogP contribution in [0.2, 0.25) is 0 Å². The van der Waals surface area contributed by atoms with Crippen molar-refractivity contribution in [1.82, 2.24) is 5.32 Å². The van der Waals surface area contributed by atoms with Gasteiger partial charge in [-0.2, -0.15) is 0 Å². The predicted octanol–water partition coefficient (Wildman–Crippen LogP) is 1.91. The summed E-state index contributed by atoms with van der Waals surface area (Å²) in [5.41, 5.74) is 1.35. The van der Waals surface area contributed by atoms with E-state index in [1.807, 2.05) is 0 Å². The number of hydrogen-bond acceptors (Lipinski definition) is 2. The highest BCUT2D eigenvalue weighted by Crippen LogP contribution is 2.49. The Kier molecular flexibility index (Phi) is 2.07. The van der Waals surface area contributed by atoms with Gasteiger partial charge in [-0.15, -0.1) is 0 Å². The van der Waals surface area contributed by atoms with Crippen molar-refractivity contribution < 1.29 is 4.79 Å². The zero-order valence-electron chi connectivity index (χ0n) is 9.31. The maximum absolute atomic E-state index is 11.9. The molecule has 2 rings (SSSR count). The van der Waals surface area contributed by atoms with Crippen molar-refractivity contribution in [1.29, 1.82) is 0 Å². The summed E-state index contributed by atoms with van der Waals surface area (Å²) in [5, 5.41) is 3.39. The third-order valence-corrected chi connectivity index (χ3v) is 3.89. The molecule has 0 amide bonds. The first kappa shape index (κ1) is 9.91. The van der Waals surface area contributed by atoms with Gasteiger partial charge in [0.25, 0.3) is 0 Å². The number of carbonyl (C=O) groups is 1. The van der Waals surface area contributed by atoms with Crippen LogP contribution >= 0.6 is 0 Å². The summed E-state index contributed by atoms with van der Waals surface area (Å²) >= 11 is 0. The largest absolute Gasteiger partial charge is 0.312 e. The van der Waals surface area contributed by atoms with Gasteiger partial charge < -0.3 is 5.32 Å². The SMILES string of the molecule is CC1(C)C(=O)CC[C@]2(C)CNCC=C12. The second-order valence-corrected chi connectivity index (χ2v) is 5.36. The van der Waals surface area contributed by atoms with Gasteiger partial charge in [-0.3, -0.25) is 4.79 Å². The maximum Gasteiger partial charge on any atom is 0.142 e. The number of nitrogens with one attached hydrogen (secondary N) is 1. The number of Topliss-reactive ketones (excluding diaryl/α,β-unsaturated/α-hetero) is 1. The minimum absolute atomic E-state index is 0.218. The summed E-state index contributed by atoms with van der Waals surface area (Å²) in [6.45, 7) is 8.37. The van der Waals surface area contributed by atoms with Crippen LogP contribution in [0.25, 0.3) is 0 Å². The molecule has 0 aromatic carbocycles. The second kappa shape index (κ2) is 2.93. The Morgan fingerprint density at radius 1 is 1.36 bits per heavy atom. The molecule has 1 atom stereocenters. The molecule has 2 aliphatic rings. The molecule has 0 saturated heterocycles. The van der Waals surface area contributed by atoms with E-state index >= 15 is 0 Å². The van der Waals surface area contributed by atoms with Crippen molar-refractivity contribution in [2.75, 3.05) is 13.1 Å². The summed E-state index contributed by atoms with van der Waals surface area (Å²) in [7, 11) is 0. The number of carbonyl (C=O) groups excluding carboxylic acids is 1. The summed E-state index contributed by atoms with van der Waals surface area (Å²) in [5.74, 6) is 0.406. The van der Waals surface area contributed by atoms with Gasteiger partial charge in [0.2, 0.25) is 0 Å². The zero-order valence-corrected chi connectivity index (χ0v) is 9.31. The molecule has 0 unspecified atom stereocenters. The molecule has 1 heterocycles. The lowest BCUT2D eigenvalue weighted by Gasteiger charge is -2.47. The molecule has 2 nitrogen and oxygen atoms in total. The van der Waals surface area contributed by atoms with E-state index in [-0.39, 0.29) is 10.8 Å². The van der Waals surface area contributed by atoms with Crippen LogP contribution in [-0.2, 0) is 4.79 Å². The van der Waals surface area contributed by atoms with E-state index in [0.717, 1.165) is 25.9 Å². The first-order chi connectivity index (χ1) is 6.47. The van der Waals surface area contributed by atoms with Crippen LogP contribution in [0.15, 0.2) is 11.6 Å². The van der Waals surface area contributed by atoms with Gasteiger partial charge in [0.05, 0.1) is 0 Å². The van der Waals surface area contributed by atoms with Gasteiger partial charge in [-0.1, -0.05) is 18.6 Å². The third-order valence-electron chi connectivity index (χ3n) is 3.89. The first-order valence-corrected chi connectivity index (χ1v) is 5.42. The molecule has 14 heavy (non-hydrogen) atoms. The van der Waals surface area contributed by atoms with Gasteiger partial charge in [0.15, 0.2) is 0 Å². The van der Waals surface area contributed by atoms with Gasteiger partial charge in [-0.05, 0) is 20.3 Å². The fraction of sp³-hybridized carbons (Fsp3) is 0.750. The molecule has 0 bridgehead atoms. The zero-order chi connectivity index (χ0) is 10.4. The van der Waals surface area contributed by atoms with E-state index < -0.39 is 0 Å². The molecule has 0 radical (unpaired) electrons. The van der Waals surface area contributed by atoms with Crippen LogP contribution in [0.3, 0.4) is 0 Å². The molecular weight excluding hydrogens is 174 g/mol. The van der Waals surface area contributed by atoms with Crippen molar-refractivity contribution in [3.63, 3.8) is 0 Å². The van der Waals surface area contributed by atoms with Crippen molar-refractivity contribution in [2.45, 2.75) is 33.6 Å². The average Bonchev–Trinajstić information content (AvgIpc) is 2.13. The number of rotatable bonds is 0. The number of fused-ring (bicyclic) bond motifs is 1. The van der Waals surface area contributed by atoms with Gasteiger partial charge in [-0.25, -0.2) is 0 Å². The van der Waals surface area contributed by atoms with Crippen molar-refractivity contribution in [3.05, 3.63) is 11.6 Å². The Labute approximate surface area is 85.8 Å². The first-order valence-electron chi connectivity index (χ1n) is 5.42. The molecular formula is C12H19NO. The van der Waals surface area contributed by atoms with E-state index in [1.54, 1.807) is 0 Å². The van der Waals surface area contributed by atoms with Crippen LogP contribution in [0.1, 0.15) is 33.6 Å². The Bertz CT molecular complexity index is 303. The molecule has 0 aromatic heterocycles. The van der Waals surface area contributed by atoms with Gasteiger partial charge in [0.1, 0.15) is 5.78 Å². The topological polar surface area (TPSA) is 29.1 Å². The van der Waals surface area contributed by atoms with E-state index in [2.05, 4.69) is 32.2 Å². The average molecular weight is 193 g/mol. The monoisotopic (exact) mass is 193 g/mol. The fourth-order valence-electron chi connectivity index (χ4n) is 2.95. The summed E-state index contributed by atoms with van der Waals surface area (Å²) < 4.78 is 0. The third kappa shape index (κ3) is 1.24. The molecule has 78 valence electrons. The van der Waals surface area contributed by atoms with Crippen LogP contribution in [-0.4, -0.2) is 18.9 Å². The minimum Gasteiger partial charge on any atom is -0.312 e. The molecule has 1 saturated carbocycles. The Hall–Kier alpha value is -0.630. The fourth-order valence-corrected chi connectivity index (χ4v) is 2.95. The predicted molar refractivity (Wildman–Crippen MR) is 57.1 cm³/mol. The van der Waals surface area contributed by atoms with E-state index in [1.165, 1.54) is 5.57 Å². The number of ketones is 1. The van der Waals surface area contributed by atoms with E-state index in [9.17, 15) is 4.79 Å². The Morgan fingerprint density at radius 2 is 2.07 bits per heavy atom. The normalized spacial score (nSPS) is 36.2. The maximum atomic E-state index is 11.9. The Morgan fingerprint density at radius 3 is 2.79 bits per heavy atom. The highest BCUT2D eigenvalue weighted by atomic mass is 16.1. The summed E-state index contributed by atoms with van der Waals surface area (Å²) in [6, 6.07) is 0. The highest BCUT2D eigenvalue weighted by Gasteiger charge is 2.46. The molecule has 2 heteroatoms. The minimum atomic E-state index is -0.227. The van der Waals surface area contributed by atoms with Gasteiger partial charge in [0, 0.05) is 30.3 Å². The lowest BCUT2D eigenvalue weighted by atomic mass is 9.59. The van der Waals surface area contributed by atoms with Crippen molar-refractivity contribution >= 4 is 5.78 Å². The van der Waals surface area contributed by atoms with Crippen molar-refractivity contribution in [3.8, 4) is 0 Å². The Balaban J connectivity index is 2.44. The van der Waals surface area contributed by atoms with Crippen molar-refractivity contribution in [2.24, 2.45) is 10.8 Å². The molecule has 0 aromatic rings. The molecule has 0 spiro atoms. The van der Waals surface area contributed by atoms with Crippen LogP contribution in [0, 0.1) is 10.8 Å². The van der Waals surface area contributed by atoms with Gasteiger partial charge >= 0.3 is 0 Å². The lowest BCUT2D eigenvalue weighted by Crippen LogP contribution is -2.48. The number of hydrogen-bond donors (Lipinski definition) is 1. The lowest BCUT2D eigenvalue weighted by molar-refractivity contribution is -0.128. The molecule has 1 N–H and O–H groups in total. The van der Waals surface area contributed by atoms with Crippen LogP contribution in [0.4, 0.5) is 0 Å². The standard InChI is InChI=1S/C12H19NO/c1-11(2)9-5-7-13-8-12(9,3)6-4-10(11)14/h5,13H,4,6-8H2,1-3H3/t12-/m1/s1. The second-order valence-electron chi connectivity index (χ2n) is 5.36. The molecule has 1 aliphatic carbocycles. The highest BCUT2D eigenvalue weighted by molar-refractivity contribution is 5.89. The summed E-state index contributed by atoms with van der Waals surface area (Å²) in [6.07, 6.45) is 3.97. The smallest absolute Gasteiger partial charge is 0.142 e. The van der Waals surface area contributed by atoms with E-state index in [0.29, 0.717) is 5.78 Å².